The molecule has 0 spiro atoms. The number of aromatic nitrogens is 4. The standard InChI is InChI=1S/C27H28BrN5O/c1-2-3-17-33-26-23(24(30-33)20-8-5-4-6-9-20)25(21-10-12-22(28)13-11-21)32(27(26)34)16-7-15-31-18-14-29-19-31/h4-6,8-14,18-19,25H,2-3,7,15-17H2,1H3. The van der Waals surface area contributed by atoms with Crippen LogP contribution in [-0.4, -0.2) is 36.7 Å². The van der Waals surface area contributed by atoms with Gasteiger partial charge in [0.1, 0.15) is 5.69 Å². The highest BCUT2D eigenvalue weighted by Crippen LogP contribution is 2.44. The Labute approximate surface area is 208 Å². The predicted molar refractivity (Wildman–Crippen MR) is 136 cm³/mol. The van der Waals surface area contributed by atoms with Crippen molar-refractivity contribution in [1.82, 2.24) is 24.2 Å². The molecule has 1 unspecified atom stereocenters. The predicted octanol–water partition coefficient (Wildman–Crippen LogP) is 5.94. The summed E-state index contributed by atoms with van der Waals surface area (Å²) in [7, 11) is 0. The van der Waals surface area contributed by atoms with E-state index in [9.17, 15) is 4.79 Å². The summed E-state index contributed by atoms with van der Waals surface area (Å²) in [5, 5.41) is 4.99. The molecule has 3 heterocycles. The normalized spacial score (nSPS) is 15.2. The van der Waals surface area contributed by atoms with Gasteiger partial charge in [0.25, 0.3) is 5.91 Å². The molecule has 7 heteroatoms. The van der Waals surface area contributed by atoms with Gasteiger partial charge in [0.05, 0.1) is 18.1 Å². The Balaban J connectivity index is 1.59. The van der Waals surface area contributed by atoms with E-state index in [-0.39, 0.29) is 11.9 Å². The maximum absolute atomic E-state index is 13.9. The van der Waals surface area contributed by atoms with Gasteiger partial charge in [-0.2, -0.15) is 5.10 Å². The van der Waals surface area contributed by atoms with Crippen molar-refractivity contribution in [2.45, 2.75) is 45.3 Å². The number of amides is 1. The Kier molecular flexibility index (Phi) is 6.63. The van der Waals surface area contributed by atoms with Gasteiger partial charge in [-0.3, -0.25) is 9.48 Å². The Morgan fingerprint density at radius 1 is 0.971 bits per heavy atom. The molecule has 174 valence electrons. The zero-order valence-electron chi connectivity index (χ0n) is 19.3. The van der Waals surface area contributed by atoms with Crippen LogP contribution in [0.1, 0.15) is 53.8 Å². The summed E-state index contributed by atoms with van der Waals surface area (Å²) in [5.74, 6) is 0.0688. The summed E-state index contributed by atoms with van der Waals surface area (Å²) in [6.45, 7) is 4.39. The molecule has 0 fully saturated rings. The lowest BCUT2D eigenvalue weighted by Gasteiger charge is -2.26. The van der Waals surface area contributed by atoms with Crippen molar-refractivity contribution < 1.29 is 4.79 Å². The van der Waals surface area contributed by atoms with E-state index in [2.05, 4.69) is 56.7 Å². The summed E-state index contributed by atoms with van der Waals surface area (Å²) >= 11 is 3.55. The van der Waals surface area contributed by atoms with Crippen LogP contribution in [-0.2, 0) is 13.1 Å². The molecule has 1 amide bonds. The molecule has 2 aromatic carbocycles. The second-order valence-electron chi connectivity index (χ2n) is 8.66. The number of hydrogen-bond acceptors (Lipinski definition) is 3. The molecule has 6 nitrogen and oxygen atoms in total. The van der Waals surface area contributed by atoms with Crippen molar-refractivity contribution >= 4 is 21.8 Å². The number of nitrogens with zero attached hydrogens (tertiary/aromatic N) is 5. The van der Waals surface area contributed by atoms with Crippen LogP contribution in [0.3, 0.4) is 0 Å². The van der Waals surface area contributed by atoms with Crippen molar-refractivity contribution in [3.05, 3.63) is 94.6 Å². The van der Waals surface area contributed by atoms with Gasteiger partial charge in [0.2, 0.25) is 0 Å². The van der Waals surface area contributed by atoms with Crippen molar-refractivity contribution in [2.75, 3.05) is 6.54 Å². The molecular weight excluding hydrogens is 490 g/mol. The van der Waals surface area contributed by atoms with Gasteiger partial charge in [-0.05, 0) is 30.5 Å². The van der Waals surface area contributed by atoms with Crippen LogP contribution in [0.15, 0.2) is 77.8 Å². The SMILES string of the molecule is CCCCn1nc(-c2ccccc2)c2c1C(=O)N(CCCn1ccnc1)C2c1ccc(Br)cc1. The van der Waals surface area contributed by atoms with E-state index < -0.39 is 0 Å². The number of carbonyl (C=O) groups is 1. The fraction of sp³-hybridized carbons (Fsp3) is 0.296. The summed E-state index contributed by atoms with van der Waals surface area (Å²) in [6, 6.07) is 18.4. The van der Waals surface area contributed by atoms with E-state index in [1.807, 2.05) is 52.4 Å². The quantitative estimate of drug-likeness (QED) is 0.275. The number of imidazole rings is 1. The molecule has 1 atom stereocenters. The topological polar surface area (TPSA) is 56.0 Å². The minimum atomic E-state index is -0.163. The summed E-state index contributed by atoms with van der Waals surface area (Å²) in [4.78, 5) is 20.1. The minimum Gasteiger partial charge on any atom is -0.337 e. The van der Waals surface area contributed by atoms with Gasteiger partial charge in [-0.1, -0.05) is 71.7 Å². The van der Waals surface area contributed by atoms with Crippen LogP contribution in [0.5, 0.6) is 0 Å². The van der Waals surface area contributed by atoms with Gasteiger partial charge >= 0.3 is 0 Å². The van der Waals surface area contributed by atoms with Crippen molar-refractivity contribution in [3.63, 3.8) is 0 Å². The van der Waals surface area contributed by atoms with Gasteiger partial charge < -0.3 is 9.47 Å². The van der Waals surface area contributed by atoms with Crippen LogP contribution in [0.25, 0.3) is 11.3 Å². The summed E-state index contributed by atoms with van der Waals surface area (Å²) in [6.07, 6.45) is 8.46. The molecule has 4 aromatic rings. The number of halogens is 1. The maximum Gasteiger partial charge on any atom is 0.273 e. The Morgan fingerprint density at radius 3 is 2.47 bits per heavy atom. The van der Waals surface area contributed by atoms with Gasteiger partial charge in [-0.25, -0.2) is 4.98 Å². The number of benzene rings is 2. The van der Waals surface area contributed by atoms with E-state index in [4.69, 9.17) is 5.10 Å². The van der Waals surface area contributed by atoms with Gasteiger partial charge in [0.15, 0.2) is 0 Å². The van der Waals surface area contributed by atoms with E-state index in [1.54, 1.807) is 6.20 Å². The van der Waals surface area contributed by atoms with Crippen LogP contribution in [0, 0.1) is 0 Å². The lowest BCUT2D eigenvalue weighted by atomic mass is 9.96. The smallest absolute Gasteiger partial charge is 0.273 e. The van der Waals surface area contributed by atoms with Crippen LogP contribution in [0.2, 0.25) is 0 Å². The number of carbonyl (C=O) groups excluding carboxylic acids is 1. The fourth-order valence-electron chi connectivity index (χ4n) is 4.71. The monoisotopic (exact) mass is 517 g/mol. The number of rotatable bonds is 9. The number of fused-ring (bicyclic) bond motifs is 1. The third-order valence-electron chi connectivity index (χ3n) is 6.37. The number of unbranched alkanes of at least 4 members (excludes halogenated alkanes) is 1. The third kappa shape index (κ3) is 4.32. The first-order valence-corrected chi connectivity index (χ1v) is 12.6. The average Bonchev–Trinajstić information content (AvgIpc) is 3.57. The van der Waals surface area contributed by atoms with Crippen molar-refractivity contribution in [3.8, 4) is 11.3 Å². The Morgan fingerprint density at radius 2 is 1.76 bits per heavy atom. The van der Waals surface area contributed by atoms with Crippen LogP contribution < -0.4 is 0 Å². The number of aryl methyl sites for hydroxylation is 2. The van der Waals surface area contributed by atoms with Crippen molar-refractivity contribution in [1.29, 1.82) is 0 Å². The molecule has 0 saturated heterocycles. The second kappa shape index (κ2) is 9.97. The average molecular weight is 518 g/mol. The highest BCUT2D eigenvalue weighted by atomic mass is 79.9. The van der Waals surface area contributed by atoms with Crippen LogP contribution >= 0.6 is 15.9 Å². The Bertz CT molecular complexity index is 1250. The first-order chi connectivity index (χ1) is 16.7. The molecule has 1 aliphatic rings. The van der Waals surface area contributed by atoms with E-state index in [0.717, 1.165) is 64.9 Å². The number of hydrogen-bond donors (Lipinski definition) is 0. The molecule has 2 aromatic heterocycles. The minimum absolute atomic E-state index is 0.0688. The molecule has 0 saturated carbocycles. The largest absolute Gasteiger partial charge is 0.337 e. The molecule has 0 N–H and O–H groups in total. The zero-order valence-corrected chi connectivity index (χ0v) is 20.9. The molecule has 0 bridgehead atoms. The van der Waals surface area contributed by atoms with Crippen LogP contribution in [0.4, 0.5) is 0 Å². The molecule has 0 radical (unpaired) electrons. The molecule has 1 aliphatic heterocycles. The zero-order chi connectivity index (χ0) is 23.5. The van der Waals surface area contributed by atoms with Crippen molar-refractivity contribution in [2.24, 2.45) is 0 Å². The molecule has 0 aliphatic carbocycles. The maximum atomic E-state index is 13.9. The van der Waals surface area contributed by atoms with Gasteiger partial charge in [0, 0.05) is 47.6 Å². The molecule has 5 rings (SSSR count). The fourth-order valence-corrected chi connectivity index (χ4v) is 4.98. The summed E-state index contributed by atoms with van der Waals surface area (Å²) in [5.41, 5.74) is 4.82. The Hall–Kier alpha value is -3.19. The molecular formula is C27H28BrN5O. The lowest BCUT2D eigenvalue weighted by molar-refractivity contribution is 0.0734. The lowest BCUT2D eigenvalue weighted by Crippen LogP contribution is -2.32. The molecule has 34 heavy (non-hydrogen) atoms. The van der Waals surface area contributed by atoms with E-state index >= 15 is 0 Å². The van der Waals surface area contributed by atoms with E-state index in [0.29, 0.717) is 6.54 Å². The second-order valence-corrected chi connectivity index (χ2v) is 9.58. The third-order valence-corrected chi connectivity index (χ3v) is 6.90. The first-order valence-electron chi connectivity index (χ1n) is 11.9. The highest BCUT2D eigenvalue weighted by molar-refractivity contribution is 9.10. The highest BCUT2D eigenvalue weighted by Gasteiger charge is 2.43. The first kappa shape index (κ1) is 22.6. The van der Waals surface area contributed by atoms with E-state index in [1.165, 1.54) is 0 Å². The van der Waals surface area contributed by atoms with Gasteiger partial charge in [-0.15, -0.1) is 0 Å². The summed E-state index contributed by atoms with van der Waals surface area (Å²) < 4.78 is 5.03.